The fourth-order valence-electron chi connectivity index (χ4n) is 2.28. The van der Waals surface area contributed by atoms with Crippen LogP contribution in [0.1, 0.15) is 36.3 Å². The summed E-state index contributed by atoms with van der Waals surface area (Å²) in [6.07, 6.45) is 8.33. The number of hydrogen-bond donors (Lipinski definition) is 0. The molecule has 0 nitrogen and oxygen atoms in total. The largest absolute Gasteiger partial charge is 0.251 e. The fourth-order valence-corrected chi connectivity index (χ4v) is 2.28. The third-order valence-corrected chi connectivity index (χ3v) is 3.28. The highest BCUT2D eigenvalue weighted by molar-refractivity contribution is 5.37. The maximum Gasteiger partial charge on any atom is 0.0897 e. The highest BCUT2D eigenvalue weighted by atomic mass is 19.1. The van der Waals surface area contributed by atoms with Crippen molar-refractivity contribution in [3.05, 3.63) is 35.4 Å². The standard InChI is InChI=1S/C14H15F/c1-2-11-4-3-5-13(8-11)14-9-12(10-14)6-7-15/h1,3-5,8,12,14H,6-7,9-10H2. The topological polar surface area (TPSA) is 0 Å². The lowest BCUT2D eigenvalue weighted by molar-refractivity contribution is 0.227. The minimum absolute atomic E-state index is 0.179. The summed E-state index contributed by atoms with van der Waals surface area (Å²) in [5, 5.41) is 0. The first kappa shape index (κ1) is 10.2. The molecule has 0 bridgehead atoms. The molecule has 78 valence electrons. The van der Waals surface area contributed by atoms with Gasteiger partial charge in [-0.05, 0) is 48.8 Å². The van der Waals surface area contributed by atoms with E-state index in [1.165, 1.54) is 5.56 Å². The van der Waals surface area contributed by atoms with Gasteiger partial charge < -0.3 is 0 Å². The van der Waals surface area contributed by atoms with Crippen LogP contribution < -0.4 is 0 Å². The number of rotatable bonds is 3. The summed E-state index contributed by atoms with van der Waals surface area (Å²) in [5.41, 5.74) is 2.27. The summed E-state index contributed by atoms with van der Waals surface area (Å²) in [6, 6.07) is 8.15. The average Bonchev–Trinajstić information content (AvgIpc) is 2.23. The Morgan fingerprint density at radius 2 is 2.20 bits per heavy atom. The third kappa shape index (κ3) is 2.21. The zero-order valence-corrected chi connectivity index (χ0v) is 8.75. The Hall–Kier alpha value is -1.29. The molecule has 0 spiro atoms. The van der Waals surface area contributed by atoms with Crippen LogP contribution in [0.4, 0.5) is 4.39 Å². The first-order valence-corrected chi connectivity index (χ1v) is 5.46. The molecule has 1 fully saturated rings. The van der Waals surface area contributed by atoms with E-state index in [4.69, 9.17) is 6.42 Å². The zero-order valence-electron chi connectivity index (χ0n) is 8.75. The van der Waals surface area contributed by atoms with E-state index >= 15 is 0 Å². The lowest BCUT2D eigenvalue weighted by Crippen LogP contribution is -2.22. The smallest absolute Gasteiger partial charge is 0.0897 e. The Bertz CT molecular complexity index is 369. The molecule has 1 aromatic carbocycles. The molecule has 2 rings (SSSR count). The average molecular weight is 202 g/mol. The van der Waals surface area contributed by atoms with Gasteiger partial charge in [-0.2, -0.15) is 0 Å². The van der Waals surface area contributed by atoms with Crippen LogP contribution >= 0.6 is 0 Å². The predicted molar refractivity (Wildman–Crippen MR) is 60.4 cm³/mol. The molecule has 0 N–H and O–H groups in total. The SMILES string of the molecule is C#Cc1cccc(C2CC(CCF)C2)c1. The molecule has 1 saturated carbocycles. The summed E-state index contributed by atoms with van der Waals surface area (Å²) < 4.78 is 12.1. The van der Waals surface area contributed by atoms with Crippen LogP contribution in [-0.4, -0.2) is 6.67 Å². The van der Waals surface area contributed by atoms with Crippen molar-refractivity contribution in [1.82, 2.24) is 0 Å². The van der Waals surface area contributed by atoms with Crippen molar-refractivity contribution >= 4 is 0 Å². The summed E-state index contributed by atoms with van der Waals surface area (Å²) in [4.78, 5) is 0. The Kier molecular flexibility index (Phi) is 3.06. The predicted octanol–water partition coefficient (Wildman–Crippen LogP) is 3.52. The minimum Gasteiger partial charge on any atom is -0.251 e. The lowest BCUT2D eigenvalue weighted by Gasteiger charge is -2.35. The first-order chi connectivity index (χ1) is 7.33. The monoisotopic (exact) mass is 202 g/mol. The van der Waals surface area contributed by atoms with Crippen LogP contribution in [0.15, 0.2) is 24.3 Å². The zero-order chi connectivity index (χ0) is 10.7. The van der Waals surface area contributed by atoms with Crippen molar-refractivity contribution in [1.29, 1.82) is 0 Å². The lowest BCUT2D eigenvalue weighted by atomic mass is 9.70. The van der Waals surface area contributed by atoms with Gasteiger partial charge >= 0.3 is 0 Å². The molecule has 1 aromatic rings. The van der Waals surface area contributed by atoms with Crippen molar-refractivity contribution < 1.29 is 4.39 Å². The molecule has 0 atom stereocenters. The molecule has 1 heteroatoms. The van der Waals surface area contributed by atoms with Gasteiger partial charge in [-0.3, -0.25) is 4.39 Å². The number of alkyl halides is 1. The van der Waals surface area contributed by atoms with Crippen molar-refractivity contribution in [2.45, 2.75) is 25.2 Å². The number of benzene rings is 1. The number of hydrogen-bond acceptors (Lipinski definition) is 0. The van der Waals surface area contributed by atoms with E-state index in [9.17, 15) is 4.39 Å². The maximum atomic E-state index is 12.1. The molecule has 0 unspecified atom stereocenters. The number of terminal acetylenes is 1. The quantitative estimate of drug-likeness (QED) is 0.658. The molecule has 0 amide bonds. The van der Waals surface area contributed by atoms with E-state index in [0.717, 1.165) is 24.8 Å². The summed E-state index contributed by atoms with van der Waals surface area (Å²) >= 11 is 0. The Morgan fingerprint density at radius 3 is 2.87 bits per heavy atom. The highest BCUT2D eigenvalue weighted by Crippen LogP contribution is 2.43. The molecular formula is C14H15F. The van der Waals surface area contributed by atoms with Crippen LogP contribution in [0, 0.1) is 18.3 Å². The molecule has 0 aliphatic heterocycles. The second-order valence-corrected chi connectivity index (χ2v) is 4.28. The molecular weight excluding hydrogens is 187 g/mol. The fraction of sp³-hybridized carbons (Fsp3) is 0.429. The van der Waals surface area contributed by atoms with Gasteiger partial charge in [0.1, 0.15) is 0 Å². The van der Waals surface area contributed by atoms with Crippen LogP contribution in [0.25, 0.3) is 0 Å². The molecule has 0 heterocycles. The summed E-state index contributed by atoms with van der Waals surface area (Å²) in [6.45, 7) is -0.179. The molecule has 0 aromatic heterocycles. The van der Waals surface area contributed by atoms with E-state index in [-0.39, 0.29) is 6.67 Å². The van der Waals surface area contributed by atoms with E-state index in [2.05, 4.69) is 18.1 Å². The van der Waals surface area contributed by atoms with Crippen molar-refractivity contribution in [3.63, 3.8) is 0 Å². The number of halogens is 1. The second kappa shape index (κ2) is 4.49. The van der Waals surface area contributed by atoms with Crippen molar-refractivity contribution in [2.24, 2.45) is 5.92 Å². The van der Waals surface area contributed by atoms with Gasteiger partial charge in [-0.1, -0.05) is 18.1 Å². The van der Waals surface area contributed by atoms with Crippen LogP contribution in [-0.2, 0) is 0 Å². The minimum atomic E-state index is -0.179. The third-order valence-electron chi connectivity index (χ3n) is 3.28. The molecule has 15 heavy (non-hydrogen) atoms. The molecule has 1 aliphatic rings. The highest BCUT2D eigenvalue weighted by Gasteiger charge is 2.29. The maximum absolute atomic E-state index is 12.1. The van der Waals surface area contributed by atoms with Crippen molar-refractivity contribution in [2.75, 3.05) is 6.67 Å². The Labute approximate surface area is 90.5 Å². The van der Waals surface area contributed by atoms with Gasteiger partial charge in [0.2, 0.25) is 0 Å². The van der Waals surface area contributed by atoms with Gasteiger partial charge in [0.25, 0.3) is 0 Å². The van der Waals surface area contributed by atoms with Crippen molar-refractivity contribution in [3.8, 4) is 12.3 Å². The van der Waals surface area contributed by atoms with Gasteiger partial charge in [0, 0.05) is 5.56 Å². The molecule has 1 aliphatic carbocycles. The summed E-state index contributed by atoms with van der Waals surface area (Å²) in [7, 11) is 0. The van der Waals surface area contributed by atoms with Crippen LogP contribution in [0.5, 0.6) is 0 Å². The van der Waals surface area contributed by atoms with Gasteiger partial charge in [0.15, 0.2) is 0 Å². The second-order valence-electron chi connectivity index (χ2n) is 4.28. The van der Waals surface area contributed by atoms with Crippen LogP contribution in [0.3, 0.4) is 0 Å². The Balaban J connectivity index is 1.98. The van der Waals surface area contributed by atoms with Crippen LogP contribution in [0.2, 0.25) is 0 Å². The van der Waals surface area contributed by atoms with Gasteiger partial charge in [-0.15, -0.1) is 6.42 Å². The van der Waals surface area contributed by atoms with Gasteiger partial charge in [-0.25, -0.2) is 0 Å². The van der Waals surface area contributed by atoms with Gasteiger partial charge in [0.05, 0.1) is 6.67 Å². The molecule has 0 saturated heterocycles. The van der Waals surface area contributed by atoms with E-state index < -0.39 is 0 Å². The summed E-state index contributed by atoms with van der Waals surface area (Å²) in [5.74, 6) is 3.85. The molecule has 0 radical (unpaired) electrons. The normalized spacial score (nSPS) is 24.3. The first-order valence-electron chi connectivity index (χ1n) is 5.46. The van der Waals surface area contributed by atoms with E-state index in [1.54, 1.807) is 0 Å². The van der Waals surface area contributed by atoms with E-state index in [0.29, 0.717) is 11.8 Å². The van der Waals surface area contributed by atoms with E-state index in [1.807, 2.05) is 12.1 Å². The Morgan fingerprint density at radius 1 is 1.40 bits per heavy atom.